The molecule has 20 heavy (non-hydrogen) atoms. The van der Waals surface area contributed by atoms with Crippen molar-refractivity contribution in [1.82, 2.24) is 5.32 Å². The molecule has 0 amide bonds. The van der Waals surface area contributed by atoms with Crippen LogP contribution in [-0.2, 0) is 0 Å². The molecular formula is C16H23NO2S. The van der Waals surface area contributed by atoms with Crippen LogP contribution >= 0.6 is 11.8 Å². The van der Waals surface area contributed by atoms with Gasteiger partial charge in [0.1, 0.15) is 5.76 Å². The number of benzene rings is 1. The second-order valence-electron chi connectivity index (χ2n) is 4.98. The van der Waals surface area contributed by atoms with E-state index in [4.69, 9.17) is 9.15 Å². The highest BCUT2D eigenvalue weighted by atomic mass is 32.2. The van der Waals surface area contributed by atoms with Crippen molar-refractivity contribution in [3.63, 3.8) is 0 Å². The number of hydrogen-bond acceptors (Lipinski definition) is 4. The van der Waals surface area contributed by atoms with E-state index in [1.165, 1.54) is 0 Å². The average Bonchev–Trinajstić information content (AvgIpc) is 2.89. The van der Waals surface area contributed by atoms with Crippen molar-refractivity contribution >= 4 is 22.7 Å². The second kappa shape index (κ2) is 7.04. The summed E-state index contributed by atoms with van der Waals surface area (Å²) in [4.78, 5) is 0. The normalized spacial score (nSPS) is 14.4. The molecule has 0 radical (unpaired) electrons. The summed E-state index contributed by atoms with van der Waals surface area (Å²) in [6.07, 6.45) is 0. The highest BCUT2D eigenvalue weighted by Crippen LogP contribution is 2.30. The van der Waals surface area contributed by atoms with Gasteiger partial charge < -0.3 is 14.5 Å². The third-order valence-corrected chi connectivity index (χ3v) is 4.42. The molecule has 4 heteroatoms. The molecule has 0 aliphatic rings. The molecule has 0 fully saturated rings. The van der Waals surface area contributed by atoms with Gasteiger partial charge in [0.25, 0.3) is 0 Å². The van der Waals surface area contributed by atoms with Crippen molar-refractivity contribution in [2.45, 2.75) is 32.9 Å². The van der Waals surface area contributed by atoms with Crippen molar-refractivity contribution < 1.29 is 9.15 Å². The van der Waals surface area contributed by atoms with Crippen LogP contribution in [0.15, 0.2) is 28.7 Å². The minimum absolute atomic E-state index is 0.194. The monoisotopic (exact) mass is 293 g/mol. The smallest absolute Gasteiger partial charge is 0.176 e. The molecule has 1 heterocycles. The van der Waals surface area contributed by atoms with E-state index in [2.05, 4.69) is 32.2 Å². The summed E-state index contributed by atoms with van der Waals surface area (Å²) in [6, 6.07) is 8.71. The Bertz CT molecular complexity index is 552. The fourth-order valence-corrected chi connectivity index (χ4v) is 2.97. The number of ether oxygens (including phenoxy) is 1. The summed E-state index contributed by atoms with van der Waals surface area (Å²) in [5, 5.41) is 4.66. The maximum absolute atomic E-state index is 5.96. The highest BCUT2D eigenvalue weighted by Gasteiger charge is 2.15. The predicted octanol–water partition coefficient (Wildman–Crippen LogP) is 4.23. The fourth-order valence-electron chi connectivity index (χ4n) is 2.28. The van der Waals surface area contributed by atoms with Crippen LogP contribution in [0.4, 0.5) is 0 Å². The van der Waals surface area contributed by atoms with Crippen molar-refractivity contribution in [3.05, 3.63) is 30.0 Å². The molecule has 1 N–H and O–H groups in total. The van der Waals surface area contributed by atoms with Crippen molar-refractivity contribution in [2.24, 2.45) is 0 Å². The minimum atomic E-state index is 0.194. The number of rotatable bonds is 7. The SMILES string of the molecule is CCSCC(C)NC(C)c1cc2cccc(OC)c2o1. The molecule has 0 aliphatic heterocycles. The lowest BCUT2D eigenvalue weighted by Crippen LogP contribution is -2.30. The minimum Gasteiger partial charge on any atom is -0.493 e. The number of furan rings is 1. The van der Waals surface area contributed by atoms with Crippen LogP contribution in [0, 0.1) is 0 Å². The third kappa shape index (κ3) is 3.49. The van der Waals surface area contributed by atoms with E-state index < -0.39 is 0 Å². The zero-order valence-electron chi connectivity index (χ0n) is 12.6. The molecule has 0 saturated heterocycles. The molecule has 0 saturated carbocycles. The van der Waals surface area contributed by atoms with Crippen LogP contribution in [0.25, 0.3) is 11.0 Å². The van der Waals surface area contributed by atoms with Crippen LogP contribution in [0.2, 0.25) is 0 Å². The molecule has 2 atom stereocenters. The van der Waals surface area contributed by atoms with Gasteiger partial charge in [0, 0.05) is 17.2 Å². The Morgan fingerprint density at radius 1 is 1.35 bits per heavy atom. The number of nitrogens with one attached hydrogen (secondary N) is 1. The molecule has 0 bridgehead atoms. The lowest BCUT2D eigenvalue weighted by molar-refractivity contribution is 0.394. The van der Waals surface area contributed by atoms with E-state index >= 15 is 0 Å². The first-order valence-electron chi connectivity index (χ1n) is 7.06. The van der Waals surface area contributed by atoms with Gasteiger partial charge in [-0.15, -0.1) is 0 Å². The maximum atomic E-state index is 5.96. The van der Waals surface area contributed by atoms with Crippen LogP contribution in [-0.4, -0.2) is 24.7 Å². The number of para-hydroxylation sites is 1. The van der Waals surface area contributed by atoms with Gasteiger partial charge in [-0.3, -0.25) is 0 Å². The van der Waals surface area contributed by atoms with Gasteiger partial charge in [-0.1, -0.05) is 19.1 Å². The summed E-state index contributed by atoms with van der Waals surface area (Å²) in [5.74, 6) is 4.01. The average molecular weight is 293 g/mol. The summed E-state index contributed by atoms with van der Waals surface area (Å²) in [5.41, 5.74) is 0.828. The highest BCUT2D eigenvalue weighted by molar-refractivity contribution is 7.99. The largest absolute Gasteiger partial charge is 0.493 e. The Hall–Kier alpha value is -1.13. The Morgan fingerprint density at radius 3 is 2.85 bits per heavy atom. The van der Waals surface area contributed by atoms with E-state index in [-0.39, 0.29) is 6.04 Å². The van der Waals surface area contributed by atoms with Crippen LogP contribution in [0.3, 0.4) is 0 Å². The molecular weight excluding hydrogens is 270 g/mol. The van der Waals surface area contributed by atoms with E-state index in [1.54, 1.807) is 7.11 Å². The Balaban J connectivity index is 2.12. The molecule has 1 aromatic heterocycles. The van der Waals surface area contributed by atoms with Gasteiger partial charge in [0.15, 0.2) is 11.3 Å². The van der Waals surface area contributed by atoms with Crippen LogP contribution in [0.1, 0.15) is 32.6 Å². The number of thioether (sulfide) groups is 1. The zero-order valence-corrected chi connectivity index (χ0v) is 13.4. The molecule has 3 nitrogen and oxygen atoms in total. The van der Waals surface area contributed by atoms with Gasteiger partial charge in [-0.05, 0) is 31.7 Å². The third-order valence-electron chi connectivity index (χ3n) is 3.28. The van der Waals surface area contributed by atoms with Gasteiger partial charge >= 0.3 is 0 Å². The molecule has 2 rings (SSSR count). The maximum Gasteiger partial charge on any atom is 0.176 e. The predicted molar refractivity (Wildman–Crippen MR) is 86.8 cm³/mol. The zero-order chi connectivity index (χ0) is 14.5. The van der Waals surface area contributed by atoms with Gasteiger partial charge in [-0.25, -0.2) is 0 Å². The number of fused-ring (bicyclic) bond motifs is 1. The quantitative estimate of drug-likeness (QED) is 0.828. The van der Waals surface area contributed by atoms with E-state index in [0.29, 0.717) is 6.04 Å². The molecule has 0 aliphatic carbocycles. The second-order valence-corrected chi connectivity index (χ2v) is 6.30. The van der Waals surface area contributed by atoms with Crippen molar-refractivity contribution in [3.8, 4) is 5.75 Å². The summed E-state index contributed by atoms with van der Waals surface area (Å²) in [6.45, 7) is 6.53. The van der Waals surface area contributed by atoms with Crippen LogP contribution in [0.5, 0.6) is 5.75 Å². The molecule has 0 spiro atoms. The lowest BCUT2D eigenvalue weighted by Gasteiger charge is -2.17. The topological polar surface area (TPSA) is 34.4 Å². The first kappa shape index (κ1) is 15.3. The van der Waals surface area contributed by atoms with E-state index in [0.717, 1.165) is 34.0 Å². The Labute approximate surface area is 125 Å². The fraction of sp³-hybridized carbons (Fsp3) is 0.500. The van der Waals surface area contributed by atoms with Gasteiger partial charge in [-0.2, -0.15) is 11.8 Å². The number of methoxy groups -OCH3 is 1. The van der Waals surface area contributed by atoms with Crippen LogP contribution < -0.4 is 10.1 Å². The lowest BCUT2D eigenvalue weighted by atomic mass is 10.2. The van der Waals surface area contributed by atoms with E-state index in [9.17, 15) is 0 Å². The Kier molecular flexibility index (Phi) is 5.38. The summed E-state index contributed by atoms with van der Waals surface area (Å²) < 4.78 is 11.3. The van der Waals surface area contributed by atoms with Crippen molar-refractivity contribution in [1.29, 1.82) is 0 Å². The summed E-state index contributed by atoms with van der Waals surface area (Å²) >= 11 is 1.95. The first-order chi connectivity index (χ1) is 9.65. The number of hydrogen-bond donors (Lipinski definition) is 1. The van der Waals surface area contributed by atoms with Crippen molar-refractivity contribution in [2.75, 3.05) is 18.6 Å². The summed E-state index contributed by atoms with van der Waals surface area (Å²) in [7, 11) is 1.67. The Morgan fingerprint density at radius 2 is 2.15 bits per heavy atom. The first-order valence-corrected chi connectivity index (χ1v) is 8.21. The molecule has 2 aromatic rings. The molecule has 110 valence electrons. The standard InChI is InChI=1S/C16H23NO2S/c1-5-20-10-11(2)17-12(3)15-9-13-7-6-8-14(18-4)16(13)19-15/h6-9,11-12,17H,5,10H2,1-4H3. The van der Waals surface area contributed by atoms with Gasteiger partial charge in [0.05, 0.1) is 13.2 Å². The van der Waals surface area contributed by atoms with E-state index in [1.807, 2.05) is 30.0 Å². The molecule has 1 aromatic carbocycles. The van der Waals surface area contributed by atoms with Gasteiger partial charge in [0.2, 0.25) is 0 Å². The molecule has 2 unspecified atom stereocenters.